The molecule has 0 bridgehead atoms. The smallest absolute Gasteiger partial charge is 0.318 e. The molecule has 6 nitrogen and oxygen atoms in total. The van der Waals surface area contributed by atoms with Crippen molar-refractivity contribution in [3.05, 3.63) is 47.4 Å². The van der Waals surface area contributed by atoms with E-state index in [1.807, 2.05) is 42.2 Å². The molecule has 1 aromatic rings. The number of piperidine rings is 1. The Labute approximate surface area is 156 Å². The number of urea groups is 1. The third-order valence-corrected chi connectivity index (χ3v) is 5.02. The van der Waals surface area contributed by atoms with Crippen molar-refractivity contribution < 1.29 is 17.9 Å². The number of nitrogens with one attached hydrogen (secondary N) is 1. The Balaban J connectivity index is 2.11. The molecule has 1 saturated heterocycles. The summed E-state index contributed by atoms with van der Waals surface area (Å²) in [6, 6.07) is 9.29. The first-order valence-corrected chi connectivity index (χ1v) is 10.9. The van der Waals surface area contributed by atoms with Gasteiger partial charge in [-0.25, -0.2) is 13.2 Å². The molecule has 2 rings (SSSR count). The van der Waals surface area contributed by atoms with Gasteiger partial charge in [-0.2, -0.15) is 0 Å². The summed E-state index contributed by atoms with van der Waals surface area (Å²) in [5.74, 6) is 0. The molecule has 0 spiro atoms. The standard InChI is InChI=1S/C19H28N2O4S/c1-4-25-17-10-12-21(18(14-17)16-8-6-5-7-9-16)19(22)20-15(2)11-13-26(3,23)24/h5-9,11,13,15,17-18H,4,10,12,14H2,1-3H3,(H,20,22)/b13-11+/t15-,17+,18-/m0/s1. The predicted molar refractivity (Wildman–Crippen MR) is 103 cm³/mol. The molecule has 1 aromatic carbocycles. The summed E-state index contributed by atoms with van der Waals surface area (Å²) in [4.78, 5) is 14.6. The van der Waals surface area contributed by atoms with Gasteiger partial charge in [0.25, 0.3) is 0 Å². The number of ether oxygens (including phenoxy) is 1. The van der Waals surface area contributed by atoms with Crippen LogP contribution in [0.3, 0.4) is 0 Å². The first-order chi connectivity index (χ1) is 12.3. The van der Waals surface area contributed by atoms with Gasteiger partial charge in [0, 0.05) is 30.9 Å². The number of amides is 2. The lowest BCUT2D eigenvalue weighted by Gasteiger charge is -2.40. The van der Waals surface area contributed by atoms with Crippen LogP contribution in [-0.4, -0.2) is 50.9 Å². The minimum Gasteiger partial charge on any atom is -0.378 e. The Bertz CT molecular complexity index is 718. The highest BCUT2D eigenvalue weighted by Gasteiger charge is 2.33. The number of hydrogen-bond donors (Lipinski definition) is 1. The predicted octanol–water partition coefficient (Wildman–Crippen LogP) is 2.89. The first kappa shape index (κ1) is 20.5. The van der Waals surface area contributed by atoms with Crippen LogP contribution in [0.2, 0.25) is 0 Å². The van der Waals surface area contributed by atoms with Crippen LogP contribution < -0.4 is 5.32 Å². The molecule has 0 aliphatic carbocycles. The molecule has 3 atom stereocenters. The third kappa shape index (κ3) is 6.14. The van der Waals surface area contributed by atoms with Gasteiger partial charge in [0.2, 0.25) is 0 Å². The second-order valence-electron chi connectivity index (χ2n) is 6.62. The summed E-state index contributed by atoms with van der Waals surface area (Å²) < 4.78 is 28.3. The minimum atomic E-state index is -3.21. The van der Waals surface area contributed by atoms with Crippen LogP contribution in [0.1, 0.15) is 38.3 Å². The SMILES string of the molecule is CCO[C@@H]1CCN(C(=O)N[C@@H](C)/C=C/S(C)(=O)=O)[C@H](c2ccccc2)C1. The van der Waals surface area contributed by atoms with Crippen LogP contribution in [-0.2, 0) is 14.6 Å². The minimum absolute atomic E-state index is 0.0624. The van der Waals surface area contributed by atoms with Gasteiger partial charge < -0.3 is 15.0 Å². The van der Waals surface area contributed by atoms with Crippen molar-refractivity contribution in [2.75, 3.05) is 19.4 Å². The van der Waals surface area contributed by atoms with E-state index in [1.165, 1.54) is 6.08 Å². The van der Waals surface area contributed by atoms with Crippen LogP contribution in [0.15, 0.2) is 41.8 Å². The monoisotopic (exact) mass is 380 g/mol. The van der Waals surface area contributed by atoms with Crippen molar-refractivity contribution in [2.45, 2.75) is 44.9 Å². The Morgan fingerprint density at radius 2 is 2.08 bits per heavy atom. The van der Waals surface area contributed by atoms with E-state index in [-0.39, 0.29) is 24.2 Å². The molecule has 1 aliphatic heterocycles. The molecular formula is C19H28N2O4S. The highest BCUT2D eigenvalue weighted by molar-refractivity contribution is 7.93. The van der Waals surface area contributed by atoms with Crippen LogP contribution in [0, 0.1) is 0 Å². The molecule has 1 fully saturated rings. The summed E-state index contributed by atoms with van der Waals surface area (Å²) in [6.45, 7) is 4.99. The number of rotatable bonds is 6. The zero-order chi connectivity index (χ0) is 19.2. The second kappa shape index (κ2) is 9.19. The molecule has 26 heavy (non-hydrogen) atoms. The normalized spacial score (nSPS) is 22.3. The van der Waals surface area contributed by atoms with Crippen molar-refractivity contribution in [1.82, 2.24) is 10.2 Å². The fraction of sp³-hybridized carbons (Fsp3) is 0.526. The maximum absolute atomic E-state index is 12.8. The van der Waals surface area contributed by atoms with Gasteiger partial charge in [-0.1, -0.05) is 36.4 Å². The summed E-state index contributed by atoms with van der Waals surface area (Å²) in [7, 11) is -3.21. The van der Waals surface area contributed by atoms with Crippen LogP contribution >= 0.6 is 0 Å². The molecule has 144 valence electrons. The number of carbonyl (C=O) groups is 1. The van der Waals surface area contributed by atoms with E-state index in [1.54, 1.807) is 6.92 Å². The molecule has 7 heteroatoms. The molecule has 0 saturated carbocycles. The average Bonchev–Trinajstić information content (AvgIpc) is 2.60. The van der Waals surface area contributed by atoms with Gasteiger partial charge in [-0.15, -0.1) is 0 Å². The number of hydrogen-bond acceptors (Lipinski definition) is 4. The first-order valence-electron chi connectivity index (χ1n) is 8.92. The molecular weight excluding hydrogens is 352 g/mol. The fourth-order valence-electron chi connectivity index (χ4n) is 3.14. The maximum atomic E-state index is 12.8. The zero-order valence-electron chi connectivity index (χ0n) is 15.6. The van der Waals surface area contributed by atoms with Gasteiger partial charge in [-0.3, -0.25) is 0 Å². The van der Waals surface area contributed by atoms with Crippen molar-refractivity contribution >= 4 is 15.9 Å². The molecule has 1 heterocycles. The van der Waals surface area contributed by atoms with E-state index >= 15 is 0 Å². The van der Waals surface area contributed by atoms with Crippen molar-refractivity contribution in [3.63, 3.8) is 0 Å². The Hall–Kier alpha value is -1.86. The van der Waals surface area contributed by atoms with E-state index in [9.17, 15) is 13.2 Å². The zero-order valence-corrected chi connectivity index (χ0v) is 16.4. The van der Waals surface area contributed by atoms with E-state index < -0.39 is 9.84 Å². The van der Waals surface area contributed by atoms with E-state index in [2.05, 4.69) is 5.32 Å². The van der Waals surface area contributed by atoms with Gasteiger partial charge >= 0.3 is 6.03 Å². The van der Waals surface area contributed by atoms with Crippen molar-refractivity contribution in [1.29, 1.82) is 0 Å². The molecule has 0 unspecified atom stereocenters. The summed E-state index contributed by atoms with van der Waals surface area (Å²) >= 11 is 0. The van der Waals surface area contributed by atoms with Gasteiger partial charge in [0.15, 0.2) is 9.84 Å². The average molecular weight is 381 g/mol. The molecule has 1 aliphatic rings. The number of carbonyl (C=O) groups excluding carboxylic acids is 1. The Morgan fingerprint density at radius 3 is 2.69 bits per heavy atom. The van der Waals surface area contributed by atoms with Crippen LogP contribution in [0.25, 0.3) is 0 Å². The van der Waals surface area contributed by atoms with Crippen molar-refractivity contribution in [2.24, 2.45) is 0 Å². The Kier molecular flexibility index (Phi) is 7.23. The summed E-state index contributed by atoms with van der Waals surface area (Å²) in [5.41, 5.74) is 1.08. The summed E-state index contributed by atoms with van der Waals surface area (Å²) in [5, 5.41) is 3.98. The van der Waals surface area contributed by atoms with E-state index in [4.69, 9.17) is 4.74 Å². The van der Waals surface area contributed by atoms with Gasteiger partial charge in [0.05, 0.1) is 12.1 Å². The molecule has 1 N–H and O–H groups in total. The fourth-order valence-corrected chi connectivity index (χ4v) is 3.66. The molecule has 0 radical (unpaired) electrons. The van der Waals surface area contributed by atoms with Crippen LogP contribution in [0.5, 0.6) is 0 Å². The number of benzene rings is 1. The van der Waals surface area contributed by atoms with Crippen LogP contribution in [0.4, 0.5) is 4.79 Å². The summed E-state index contributed by atoms with van der Waals surface area (Å²) in [6.07, 6.45) is 4.29. The lowest BCUT2D eigenvalue weighted by molar-refractivity contribution is 0.000762. The molecule has 2 amide bonds. The Morgan fingerprint density at radius 1 is 1.38 bits per heavy atom. The lowest BCUT2D eigenvalue weighted by Crippen LogP contribution is -2.49. The third-order valence-electron chi connectivity index (χ3n) is 4.37. The maximum Gasteiger partial charge on any atom is 0.318 e. The van der Waals surface area contributed by atoms with Crippen molar-refractivity contribution in [3.8, 4) is 0 Å². The number of sulfone groups is 1. The quantitative estimate of drug-likeness (QED) is 0.823. The topological polar surface area (TPSA) is 75.7 Å². The van der Waals surface area contributed by atoms with E-state index in [0.717, 1.165) is 30.1 Å². The van der Waals surface area contributed by atoms with Gasteiger partial charge in [0.1, 0.15) is 0 Å². The largest absolute Gasteiger partial charge is 0.378 e. The van der Waals surface area contributed by atoms with Gasteiger partial charge in [-0.05, 0) is 32.3 Å². The van der Waals surface area contributed by atoms with E-state index in [0.29, 0.717) is 13.2 Å². The lowest BCUT2D eigenvalue weighted by atomic mass is 9.93. The number of nitrogens with zero attached hydrogens (tertiary/aromatic N) is 1. The highest BCUT2D eigenvalue weighted by atomic mass is 32.2. The number of likely N-dealkylation sites (tertiary alicyclic amines) is 1. The molecule has 0 aromatic heterocycles. The second-order valence-corrected chi connectivity index (χ2v) is 8.55. The highest BCUT2D eigenvalue weighted by Crippen LogP contribution is 2.32.